The third-order valence-corrected chi connectivity index (χ3v) is 5.54. The Morgan fingerprint density at radius 2 is 1.94 bits per heavy atom. The van der Waals surface area contributed by atoms with Crippen LogP contribution in [0, 0.1) is 6.92 Å². The van der Waals surface area contributed by atoms with Crippen LogP contribution in [0.15, 0.2) is 48.5 Å². The fraction of sp³-hybridized carbons (Fsp3) is 0.292. The molecule has 31 heavy (non-hydrogen) atoms. The van der Waals surface area contributed by atoms with E-state index in [0.717, 1.165) is 22.6 Å². The van der Waals surface area contributed by atoms with Crippen molar-refractivity contribution in [3.05, 3.63) is 70.2 Å². The first kappa shape index (κ1) is 22.6. The monoisotopic (exact) mass is 439 g/mol. The fourth-order valence-electron chi connectivity index (χ4n) is 3.21. The Bertz CT molecular complexity index is 1100. The van der Waals surface area contributed by atoms with Crippen LogP contribution in [0.25, 0.3) is 11.3 Å². The molecule has 0 aliphatic rings. The summed E-state index contributed by atoms with van der Waals surface area (Å²) in [5, 5.41) is 13.6. The van der Waals surface area contributed by atoms with Crippen LogP contribution in [-0.4, -0.2) is 34.7 Å². The number of aryl methyl sites for hydroxylation is 1. The Hall–Kier alpha value is -3.12. The maximum atomic E-state index is 11.6. The van der Waals surface area contributed by atoms with Crippen LogP contribution >= 0.6 is 11.6 Å². The molecule has 2 aromatic carbocycles. The molecule has 0 aliphatic heterocycles. The van der Waals surface area contributed by atoms with Gasteiger partial charge in [0.25, 0.3) is 0 Å². The van der Waals surface area contributed by atoms with E-state index in [4.69, 9.17) is 16.3 Å². The minimum atomic E-state index is -1.01. The SMILES string of the molecule is COc1nc(NCCc2ccc(Cl)cc2C)cc(-c2cccc(C(C)(C)C(=O)O)c2)n1. The van der Waals surface area contributed by atoms with Crippen LogP contribution in [0.2, 0.25) is 5.02 Å². The minimum Gasteiger partial charge on any atom is -0.481 e. The van der Waals surface area contributed by atoms with Gasteiger partial charge in [0, 0.05) is 23.2 Å². The maximum absolute atomic E-state index is 11.6. The number of rotatable bonds is 8. The van der Waals surface area contributed by atoms with Gasteiger partial charge < -0.3 is 15.2 Å². The lowest BCUT2D eigenvalue weighted by Crippen LogP contribution is -2.28. The van der Waals surface area contributed by atoms with Crippen LogP contribution in [0.5, 0.6) is 6.01 Å². The number of halogens is 1. The molecule has 0 radical (unpaired) electrons. The van der Waals surface area contributed by atoms with Crippen molar-refractivity contribution in [1.82, 2.24) is 9.97 Å². The molecule has 0 unspecified atom stereocenters. The number of ether oxygens (including phenoxy) is 1. The predicted molar refractivity (Wildman–Crippen MR) is 123 cm³/mol. The van der Waals surface area contributed by atoms with Crippen LogP contribution < -0.4 is 10.1 Å². The van der Waals surface area contributed by atoms with E-state index in [1.54, 1.807) is 13.8 Å². The summed E-state index contributed by atoms with van der Waals surface area (Å²) < 4.78 is 5.28. The van der Waals surface area contributed by atoms with E-state index in [2.05, 4.69) is 15.3 Å². The molecule has 2 N–H and O–H groups in total. The number of hydrogen-bond acceptors (Lipinski definition) is 5. The van der Waals surface area contributed by atoms with E-state index in [1.807, 2.05) is 55.5 Å². The maximum Gasteiger partial charge on any atom is 0.318 e. The van der Waals surface area contributed by atoms with Gasteiger partial charge in [-0.05, 0) is 62.1 Å². The number of benzene rings is 2. The zero-order valence-corrected chi connectivity index (χ0v) is 18.8. The number of methoxy groups -OCH3 is 1. The Balaban J connectivity index is 1.83. The topological polar surface area (TPSA) is 84.3 Å². The van der Waals surface area contributed by atoms with Crippen molar-refractivity contribution in [2.45, 2.75) is 32.6 Å². The van der Waals surface area contributed by atoms with Gasteiger partial charge in [0.2, 0.25) is 0 Å². The highest BCUT2D eigenvalue weighted by atomic mass is 35.5. The highest BCUT2D eigenvalue weighted by Gasteiger charge is 2.29. The molecule has 162 valence electrons. The summed E-state index contributed by atoms with van der Waals surface area (Å²) in [5.41, 5.74) is 3.49. The number of nitrogens with one attached hydrogen (secondary N) is 1. The van der Waals surface area contributed by atoms with Gasteiger partial charge >= 0.3 is 12.0 Å². The Kier molecular flexibility index (Phi) is 6.81. The molecule has 6 nitrogen and oxygen atoms in total. The van der Waals surface area contributed by atoms with Crippen molar-refractivity contribution in [1.29, 1.82) is 0 Å². The number of aromatic nitrogens is 2. The van der Waals surface area contributed by atoms with Gasteiger partial charge in [-0.25, -0.2) is 0 Å². The van der Waals surface area contributed by atoms with Gasteiger partial charge in [-0.1, -0.05) is 35.9 Å². The lowest BCUT2D eigenvalue weighted by atomic mass is 9.84. The van der Waals surface area contributed by atoms with E-state index >= 15 is 0 Å². The molecule has 0 atom stereocenters. The second-order valence-corrected chi connectivity index (χ2v) is 8.32. The number of anilines is 1. The predicted octanol–water partition coefficient (Wildman–Crippen LogP) is 5.13. The second-order valence-electron chi connectivity index (χ2n) is 7.88. The van der Waals surface area contributed by atoms with Gasteiger partial charge in [0.1, 0.15) is 5.82 Å². The molecule has 7 heteroatoms. The highest BCUT2D eigenvalue weighted by Crippen LogP contribution is 2.29. The summed E-state index contributed by atoms with van der Waals surface area (Å²) >= 11 is 6.03. The average molecular weight is 440 g/mol. The third-order valence-electron chi connectivity index (χ3n) is 5.31. The van der Waals surface area contributed by atoms with Crippen LogP contribution in [0.1, 0.15) is 30.5 Å². The summed E-state index contributed by atoms with van der Waals surface area (Å²) in [4.78, 5) is 20.5. The first-order chi connectivity index (χ1) is 14.7. The smallest absolute Gasteiger partial charge is 0.318 e. The number of hydrogen-bond donors (Lipinski definition) is 2. The van der Waals surface area contributed by atoms with Crippen molar-refractivity contribution in [3.63, 3.8) is 0 Å². The van der Waals surface area contributed by atoms with Gasteiger partial charge in [0.05, 0.1) is 18.2 Å². The summed E-state index contributed by atoms with van der Waals surface area (Å²) in [6.07, 6.45) is 0.812. The van der Waals surface area contributed by atoms with Crippen molar-refractivity contribution in [2.24, 2.45) is 0 Å². The van der Waals surface area contributed by atoms with E-state index in [9.17, 15) is 9.90 Å². The summed E-state index contributed by atoms with van der Waals surface area (Å²) in [7, 11) is 1.52. The quantitative estimate of drug-likeness (QED) is 0.506. The zero-order valence-electron chi connectivity index (χ0n) is 18.1. The van der Waals surface area contributed by atoms with E-state index < -0.39 is 11.4 Å². The zero-order chi connectivity index (χ0) is 22.6. The minimum absolute atomic E-state index is 0.241. The van der Waals surface area contributed by atoms with Crippen LogP contribution in [0.3, 0.4) is 0 Å². The molecule has 0 amide bonds. The van der Waals surface area contributed by atoms with E-state index in [1.165, 1.54) is 12.7 Å². The average Bonchev–Trinajstić information content (AvgIpc) is 2.75. The van der Waals surface area contributed by atoms with Crippen molar-refractivity contribution in [2.75, 3.05) is 19.0 Å². The van der Waals surface area contributed by atoms with E-state index in [0.29, 0.717) is 23.6 Å². The number of nitrogens with zero attached hydrogens (tertiary/aromatic N) is 2. The fourth-order valence-corrected chi connectivity index (χ4v) is 3.44. The molecule has 0 bridgehead atoms. The van der Waals surface area contributed by atoms with Gasteiger partial charge in [-0.3, -0.25) is 4.79 Å². The molecule has 0 spiro atoms. The second kappa shape index (κ2) is 9.35. The van der Waals surface area contributed by atoms with Crippen molar-refractivity contribution in [3.8, 4) is 17.3 Å². The number of carboxylic acid groups (broad SMARTS) is 1. The molecular weight excluding hydrogens is 414 g/mol. The van der Waals surface area contributed by atoms with E-state index in [-0.39, 0.29) is 6.01 Å². The lowest BCUT2D eigenvalue weighted by Gasteiger charge is -2.20. The lowest BCUT2D eigenvalue weighted by molar-refractivity contribution is -0.142. The summed E-state index contributed by atoms with van der Waals surface area (Å²) in [5.74, 6) is -0.249. The molecule has 0 fully saturated rings. The Labute approximate surface area is 187 Å². The molecule has 3 rings (SSSR count). The molecule has 3 aromatic rings. The molecule has 0 aliphatic carbocycles. The van der Waals surface area contributed by atoms with Gasteiger partial charge in [0.15, 0.2) is 0 Å². The Morgan fingerprint density at radius 3 is 2.61 bits per heavy atom. The van der Waals surface area contributed by atoms with Crippen LogP contribution in [-0.2, 0) is 16.6 Å². The first-order valence-electron chi connectivity index (χ1n) is 9.97. The highest BCUT2D eigenvalue weighted by molar-refractivity contribution is 6.30. The standard InChI is InChI=1S/C24H26ClN3O3/c1-15-12-19(25)9-8-16(15)10-11-26-21-14-20(27-23(28-21)31-4)17-6-5-7-18(13-17)24(2,3)22(29)30/h5-9,12-14H,10-11H2,1-4H3,(H,29,30)(H,26,27,28). The van der Waals surface area contributed by atoms with Crippen molar-refractivity contribution >= 4 is 23.4 Å². The van der Waals surface area contributed by atoms with Crippen molar-refractivity contribution < 1.29 is 14.6 Å². The number of carboxylic acids is 1. The largest absolute Gasteiger partial charge is 0.481 e. The number of carbonyl (C=O) groups is 1. The molecular formula is C24H26ClN3O3. The first-order valence-corrected chi connectivity index (χ1v) is 10.3. The molecule has 0 saturated carbocycles. The Morgan fingerprint density at radius 1 is 1.16 bits per heavy atom. The summed E-state index contributed by atoms with van der Waals surface area (Å²) in [6.45, 7) is 6.08. The summed E-state index contributed by atoms with van der Waals surface area (Å²) in [6, 6.07) is 15.3. The molecule has 0 saturated heterocycles. The third kappa shape index (κ3) is 5.33. The molecule has 1 heterocycles. The van der Waals surface area contributed by atoms with Crippen LogP contribution in [0.4, 0.5) is 5.82 Å². The van der Waals surface area contributed by atoms with Gasteiger partial charge in [-0.15, -0.1) is 0 Å². The van der Waals surface area contributed by atoms with Gasteiger partial charge in [-0.2, -0.15) is 9.97 Å². The normalized spacial score (nSPS) is 11.3. The molecule has 1 aromatic heterocycles. The number of aliphatic carboxylic acids is 1.